The van der Waals surface area contributed by atoms with E-state index in [1.165, 1.54) is 0 Å². The van der Waals surface area contributed by atoms with Crippen molar-refractivity contribution in [3.63, 3.8) is 0 Å². The molecule has 0 radical (unpaired) electrons. The number of fused-ring (bicyclic) bond motifs is 7. The molecule has 0 spiro atoms. The quantitative estimate of drug-likeness (QED) is 0.148. The number of pyridine rings is 2. The number of hydrogen-bond acceptors (Lipinski definition) is 8. The highest BCUT2D eigenvalue weighted by Gasteiger charge is 2.23. The average molecular weight is 875 g/mol. The summed E-state index contributed by atoms with van der Waals surface area (Å²) in [5.74, 6) is 4.99. The van der Waals surface area contributed by atoms with Gasteiger partial charge in [0, 0.05) is 38.2 Å². The first kappa shape index (κ1) is 39.1. The Labute approximate surface area is 390 Å². The summed E-state index contributed by atoms with van der Waals surface area (Å²) in [5, 5.41) is 4.47. The van der Waals surface area contributed by atoms with Crippen LogP contribution in [0.25, 0.3) is 118 Å². The van der Waals surface area contributed by atoms with Crippen LogP contribution in [-0.2, 0) is 0 Å². The fourth-order valence-electron chi connectivity index (χ4n) is 9.42. The molecule has 0 N–H and O–H groups in total. The molecule has 1 aliphatic rings. The van der Waals surface area contributed by atoms with Crippen LogP contribution in [0.4, 0.5) is 0 Å². The number of rotatable bonds is 8. The zero-order chi connectivity index (χ0) is 45.0. The molecule has 10 nitrogen and oxygen atoms in total. The Morgan fingerprint density at radius 1 is 0.324 bits per heavy atom. The highest BCUT2D eigenvalue weighted by atomic mass is 15.1. The van der Waals surface area contributed by atoms with Gasteiger partial charge in [0.15, 0.2) is 34.9 Å². The molecule has 6 aromatic carbocycles. The van der Waals surface area contributed by atoms with Gasteiger partial charge < -0.3 is 0 Å². The van der Waals surface area contributed by atoms with Crippen molar-refractivity contribution in [2.24, 2.45) is 0 Å². The third-order valence-electron chi connectivity index (χ3n) is 12.5. The van der Waals surface area contributed by atoms with E-state index in [-0.39, 0.29) is 0 Å². The second-order valence-corrected chi connectivity index (χ2v) is 16.7. The number of allylic oxidation sites excluding steroid dienone is 4. The van der Waals surface area contributed by atoms with Crippen LogP contribution in [0.5, 0.6) is 0 Å². The fourth-order valence-corrected chi connectivity index (χ4v) is 9.42. The van der Waals surface area contributed by atoms with Gasteiger partial charge in [0.2, 0.25) is 0 Å². The number of para-hydroxylation sites is 2. The van der Waals surface area contributed by atoms with E-state index in [9.17, 15) is 0 Å². The van der Waals surface area contributed by atoms with E-state index in [0.29, 0.717) is 46.3 Å². The van der Waals surface area contributed by atoms with Crippen molar-refractivity contribution in [1.82, 2.24) is 49.0 Å². The Balaban J connectivity index is 0.978. The minimum absolute atomic E-state index is 0.494. The smallest absolute Gasteiger partial charge is 0.182 e. The summed E-state index contributed by atoms with van der Waals surface area (Å²) in [6, 6.07) is 63.7. The summed E-state index contributed by atoms with van der Waals surface area (Å²) in [6.07, 6.45) is 8.15. The molecule has 68 heavy (non-hydrogen) atoms. The molecular formula is C58H38N10. The molecule has 0 atom stereocenters. The molecule has 6 heterocycles. The van der Waals surface area contributed by atoms with E-state index < -0.39 is 0 Å². The van der Waals surface area contributed by atoms with Gasteiger partial charge >= 0.3 is 0 Å². The van der Waals surface area contributed by atoms with E-state index in [4.69, 9.17) is 39.9 Å². The normalized spacial score (nSPS) is 12.6. The van der Waals surface area contributed by atoms with Gasteiger partial charge in [-0.1, -0.05) is 158 Å². The van der Waals surface area contributed by atoms with Crippen molar-refractivity contribution in [1.29, 1.82) is 0 Å². The van der Waals surface area contributed by atoms with E-state index >= 15 is 0 Å². The molecule has 0 fully saturated rings. The van der Waals surface area contributed by atoms with Crippen LogP contribution in [0.2, 0.25) is 0 Å². The molecule has 6 aromatic heterocycles. The Kier molecular flexibility index (Phi) is 9.38. The Hall–Kier alpha value is -9.28. The van der Waals surface area contributed by atoms with Gasteiger partial charge in [-0.3, -0.25) is 9.13 Å². The lowest BCUT2D eigenvalue weighted by Crippen LogP contribution is -2.05. The second-order valence-electron chi connectivity index (χ2n) is 16.7. The number of hydrogen-bond donors (Lipinski definition) is 0. The first-order valence-electron chi connectivity index (χ1n) is 22.7. The third-order valence-corrected chi connectivity index (χ3v) is 12.5. The van der Waals surface area contributed by atoms with Gasteiger partial charge in [-0.05, 0) is 66.9 Å². The van der Waals surface area contributed by atoms with Crippen molar-refractivity contribution in [2.45, 2.75) is 12.8 Å². The molecule has 13 rings (SSSR count). The molecule has 320 valence electrons. The molecule has 0 amide bonds. The lowest BCUT2D eigenvalue weighted by Gasteiger charge is -2.12. The minimum Gasteiger partial charge on any atom is -0.294 e. The SMILES string of the molecule is C1=CCCC(c2nc(-c3ccccc3)nc(-c3cccc(-n4c5ccccc5c5c6c7ccccc7n(-c7cccc(-c8nc(-c9ccccc9)nc(-c9ccccc9)n8)n7)c6ccc54)n3)n2)=C1. The van der Waals surface area contributed by atoms with Gasteiger partial charge in [-0.25, -0.2) is 39.9 Å². The molecule has 0 saturated carbocycles. The lowest BCUT2D eigenvalue weighted by atomic mass is 10.0. The van der Waals surface area contributed by atoms with Crippen molar-refractivity contribution in [3.05, 3.63) is 212 Å². The van der Waals surface area contributed by atoms with Crippen LogP contribution in [-0.4, -0.2) is 49.0 Å². The standard InChI is InChI=1S/C58H38N10/c1-5-19-37(20-6-1)53-61-54(38-21-7-2-8-22-38)64-57(63-53)43-29-17-33-49(59-43)67-45-31-15-13-27-41(45)51-47(67)35-36-48-52(51)42-28-14-16-32-46(42)68(48)50-34-18-30-44(60-50)58-65-55(39-23-9-3-10-24-39)62-56(66-58)40-25-11-4-12-26-40/h1-11,13-25,27-36H,12,26H2. The summed E-state index contributed by atoms with van der Waals surface area (Å²) < 4.78 is 4.50. The van der Waals surface area contributed by atoms with Gasteiger partial charge in [-0.2, -0.15) is 0 Å². The van der Waals surface area contributed by atoms with Crippen LogP contribution >= 0.6 is 0 Å². The predicted molar refractivity (Wildman–Crippen MR) is 271 cm³/mol. The topological polar surface area (TPSA) is 113 Å². The van der Waals surface area contributed by atoms with Gasteiger partial charge in [0.05, 0.1) is 22.1 Å². The highest BCUT2D eigenvalue weighted by molar-refractivity contribution is 6.28. The molecule has 1 aliphatic carbocycles. The maximum absolute atomic E-state index is 5.34. The van der Waals surface area contributed by atoms with Gasteiger partial charge in [-0.15, -0.1) is 0 Å². The van der Waals surface area contributed by atoms with Gasteiger partial charge in [0.25, 0.3) is 0 Å². The number of aromatic nitrogens is 10. The van der Waals surface area contributed by atoms with Crippen molar-refractivity contribution in [2.75, 3.05) is 0 Å². The first-order chi connectivity index (χ1) is 33.7. The lowest BCUT2D eigenvalue weighted by molar-refractivity contribution is 0.969. The molecule has 0 unspecified atom stereocenters. The molecule has 0 saturated heterocycles. The zero-order valence-corrected chi connectivity index (χ0v) is 36.5. The van der Waals surface area contributed by atoms with Gasteiger partial charge in [0.1, 0.15) is 23.0 Å². The summed E-state index contributed by atoms with van der Waals surface area (Å²) in [4.78, 5) is 40.6. The summed E-state index contributed by atoms with van der Waals surface area (Å²) in [5.41, 5.74) is 9.24. The largest absolute Gasteiger partial charge is 0.294 e. The van der Waals surface area contributed by atoms with Crippen LogP contribution in [0.3, 0.4) is 0 Å². The monoisotopic (exact) mass is 874 g/mol. The molecular weight excluding hydrogens is 837 g/mol. The number of benzene rings is 6. The maximum Gasteiger partial charge on any atom is 0.182 e. The summed E-state index contributed by atoms with van der Waals surface area (Å²) in [6.45, 7) is 0. The third kappa shape index (κ3) is 6.73. The van der Waals surface area contributed by atoms with Crippen LogP contribution in [0, 0.1) is 0 Å². The Morgan fingerprint density at radius 3 is 1.19 bits per heavy atom. The summed E-state index contributed by atoms with van der Waals surface area (Å²) in [7, 11) is 0. The highest BCUT2D eigenvalue weighted by Crippen LogP contribution is 2.42. The van der Waals surface area contributed by atoms with E-state index in [1.807, 2.05) is 121 Å². The molecule has 10 heteroatoms. The first-order valence-corrected chi connectivity index (χ1v) is 22.7. The second kappa shape index (κ2) is 16.3. The predicted octanol–water partition coefficient (Wildman–Crippen LogP) is 13.1. The van der Waals surface area contributed by atoms with Crippen molar-refractivity contribution < 1.29 is 0 Å². The van der Waals surface area contributed by atoms with Crippen LogP contribution in [0.1, 0.15) is 18.7 Å². The zero-order valence-electron chi connectivity index (χ0n) is 36.5. The van der Waals surface area contributed by atoms with Crippen molar-refractivity contribution >= 4 is 49.2 Å². The van der Waals surface area contributed by atoms with Crippen LogP contribution < -0.4 is 0 Å². The Bertz CT molecular complexity index is 3910. The molecule has 0 aliphatic heterocycles. The van der Waals surface area contributed by atoms with E-state index in [0.717, 1.165) is 90.4 Å². The maximum atomic E-state index is 5.34. The average Bonchev–Trinajstić information content (AvgIpc) is 3.95. The molecule has 0 bridgehead atoms. The van der Waals surface area contributed by atoms with Crippen molar-refractivity contribution in [3.8, 4) is 68.8 Å². The van der Waals surface area contributed by atoms with Crippen LogP contribution in [0.15, 0.2) is 206 Å². The fraction of sp³-hybridized carbons (Fsp3) is 0.0345. The Morgan fingerprint density at radius 2 is 0.735 bits per heavy atom. The summed E-state index contributed by atoms with van der Waals surface area (Å²) >= 11 is 0. The van der Waals surface area contributed by atoms with E-state index in [1.54, 1.807) is 0 Å². The van der Waals surface area contributed by atoms with E-state index in [2.05, 4.69) is 94.1 Å². The minimum atomic E-state index is 0.494. The number of nitrogens with zero attached hydrogens (tertiary/aromatic N) is 10. The molecule has 12 aromatic rings.